The summed E-state index contributed by atoms with van der Waals surface area (Å²) in [5, 5.41) is 9.41. The molecule has 8 nitrogen and oxygen atoms in total. The van der Waals surface area contributed by atoms with Gasteiger partial charge < -0.3 is 4.90 Å². The van der Waals surface area contributed by atoms with E-state index in [9.17, 15) is 13.2 Å². The number of benzene rings is 1. The number of carbonyl (C=O) groups is 1. The van der Waals surface area contributed by atoms with Gasteiger partial charge in [0.05, 0.1) is 0 Å². The maximum absolute atomic E-state index is 12.5. The second-order valence-corrected chi connectivity index (χ2v) is 7.94. The van der Waals surface area contributed by atoms with Crippen LogP contribution < -0.4 is 15.1 Å². The number of halogens is 1. The average molecular weight is 391 g/mol. The Bertz CT molecular complexity index is 675. The lowest BCUT2D eigenvalue weighted by Gasteiger charge is -2.35. The number of carbonyl (C=O) groups excluding carboxylic acids is 1. The maximum Gasteiger partial charge on any atom is 0.280 e. The Morgan fingerprint density at radius 3 is 2.36 bits per heavy atom. The highest BCUT2D eigenvalue weighted by molar-refractivity contribution is 7.87. The SMILES string of the molecule is CCC[C@@H](NS(=O)(=O)N1CCN(c2ccc(Cl)cc2)CC1)C(=O)NO. The van der Waals surface area contributed by atoms with Crippen LogP contribution in [0.15, 0.2) is 24.3 Å². The molecule has 0 aliphatic carbocycles. The second kappa shape index (κ2) is 8.81. The van der Waals surface area contributed by atoms with E-state index in [1.807, 2.05) is 19.1 Å². The quantitative estimate of drug-likeness (QED) is 0.475. The maximum atomic E-state index is 12.5. The monoisotopic (exact) mass is 390 g/mol. The Hall–Kier alpha value is -1.39. The van der Waals surface area contributed by atoms with Crippen molar-refractivity contribution in [3.05, 3.63) is 29.3 Å². The van der Waals surface area contributed by atoms with Crippen molar-refractivity contribution < 1.29 is 18.4 Å². The van der Waals surface area contributed by atoms with Crippen LogP contribution in [-0.2, 0) is 15.0 Å². The molecular formula is C15H23ClN4O4S. The molecule has 1 heterocycles. The lowest BCUT2D eigenvalue weighted by atomic mass is 10.2. The summed E-state index contributed by atoms with van der Waals surface area (Å²) in [6.45, 7) is 3.51. The van der Waals surface area contributed by atoms with E-state index >= 15 is 0 Å². The fourth-order valence-electron chi connectivity index (χ4n) is 2.70. The van der Waals surface area contributed by atoms with Gasteiger partial charge in [-0.05, 0) is 30.7 Å². The lowest BCUT2D eigenvalue weighted by Crippen LogP contribution is -2.56. The smallest absolute Gasteiger partial charge is 0.280 e. The zero-order chi connectivity index (χ0) is 18.4. The van der Waals surface area contributed by atoms with Crippen LogP contribution in [0.5, 0.6) is 0 Å². The minimum atomic E-state index is -3.81. The molecule has 0 bridgehead atoms. The molecule has 1 fully saturated rings. The van der Waals surface area contributed by atoms with Crippen LogP contribution in [0.3, 0.4) is 0 Å². The molecule has 0 saturated carbocycles. The van der Waals surface area contributed by atoms with Gasteiger partial charge in [0.15, 0.2) is 0 Å². The Kier molecular flexibility index (Phi) is 7.03. The third-order valence-electron chi connectivity index (χ3n) is 4.07. The molecule has 25 heavy (non-hydrogen) atoms. The van der Waals surface area contributed by atoms with Crippen molar-refractivity contribution >= 4 is 33.4 Å². The summed E-state index contributed by atoms with van der Waals surface area (Å²) < 4.78 is 28.7. The zero-order valence-electron chi connectivity index (χ0n) is 14.0. The van der Waals surface area contributed by atoms with Crippen LogP contribution in [0.1, 0.15) is 19.8 Å². The Labute approximate surface area is 152 Å². The first kappa shape index (κ1) is 19.9. The number of hydrogen-bond acceptors (Lipinski definition) is 5. The molecule has 10 heteroatoms. The summed E-state index contributed by atoms with van der Waals surface area (Å²) >= 11 is 5.88. The molecule has 0 aromatic heterocycles. The van der Waals surface area contributed by atoms with E-state index in [1.165, 1.54) is 9.79 Å². The van der Waals surface area contributed by atoms with Gasteiger partial charge in [-0.25, -0.2) is 5.48 Å². The molecular weight excluding hydrogens is 368 g/mol. The summed E-state index contributed by atoms with van der Waals surface area (Å²) in [6.07, 6.45) is 0.904. The van der Waals surface area contributed by atoms with Crippen molar-refractivity contribution in [1.29, 1.82) is 0 Å². The van der Waals surface area contributed by atoms with Crippen molar-refractivity contribution in [2.45, 2.75) is 25.8 Å². The van der Waals surface area contributed by atoms with Crippen molar-refractivity contribution in [1.82, 2.24) is 14.5 Å². The van der Waals surface area contributed by atoms with Crippen molar-refractivity contribution in [2.75, 3.05) is 31.1 Å². The van der Waals surface area contributed by atoms with Crippen molar-refractivity contribution in [3.8, 4) is 0 Å². The fraction of sp³-hybridized carbons (Fsp3) is 0.533. The molecule has 1 aromatic rings. The predicted molar refractivity (Wildman–Crippen MR) is 95.9 cm³/mol. The molecule has 2 rings (SSSR count). The molecule has 1 saturated heterocycles. The minimum Gasteiger partial charge on any atom is -0.369 e. The summed E-state index contributed by atoms with van der Waals surface area (Å²) in [6, 6.07) is 6.39. The first-order valence-corrected chi connectivity index (χ1v) is 9.91. The van der Waals surface area contributed by atoms with E-state index in [4.69, 9.17) is 16.8 Å². The molecule has 1 aromatic carbocycles. The largest absolute Gasteiger partial charge is 0.369 e. The first-order chi connectivity index (χ1) is 11.9. The summed E-state index contributed by atoms with van der Waals surface area (Å²) in [5.41, 5.74) is 2.49. The van der Waals surface area contributed by atoms with E-state index in [-0.39, 0.29) is 0 Å². The summed E-state index contributed by atoms with van der Waals surface area (Å²) in [7, 11) is -3.81. The summed E-state index contributed by atoms with van der Waals surface area (Å²) in [4.78, 5) is 13.7. The number of hydroxylamine groups is 1. The van der Waals surface area contributed by atoms with Gasteiger partial charge in [0.1, 0.15) is 6.04 Å². The predicted octanol–water partition coefficient (Wildman–Crippen LogP) is 0.970. The molecule has 1 aliphatic rings. The Morgan fingerprint density at radius 1 is 1.24 bits per heavy atom. The Morgan fingerprint density at radius 2 is 1.84 bits per heavy atom. The van der Waals surface area contributed by atoms with Crippen LogP contribution in [0.25, 0.3) is 0 Å². The van der Waals surface area contributed by atoms with Crippen molar-refractivity contribution in [2.24, 2.45) is 0 Å². The van der Waals surface area contributed by atoms with Crippen LogP contribution >= 0.6 is 11.6 Å². The number of anilines is 1. The van der Waals surface area contributed by atoms with Gasteiger partial charge in [-0.15, -0.1) is 0 Å². The minimum absolute atomic E-state index is 0.302. The highest BCUT2D eigenvalue weighted by atomic mass is 35.5. The Balaban J connectivity index is 1.98. The lowest BCUT2D eigenvalue weighted by molar-refractivity contribution is -0.131. The van der Waals surface area contributed by atoms with E-state index in [0.717, 1.165) is 5.69 Å². The number of piperazine rings is 1. The van der Waals surface area contributed by atoms with E-state index in [2.05, 4.69) is 9.62 Å². The van der Waals surface area contributed by atoms with Crippen LogP contribution in [-0.4, -0.2) is 56.1 Å². The van der Waals surface area contributed by atoms with E-state index < -0.39 is 22.2 Å². The van der Waals surface area contributed by atoms with Gasteiger partial charge in [-0.3, -0.25) is 10.0 Å². The standard InChI is InChI=1S/C15H23ClN4O4S/c1-2-3-14(15(21)17-22)18-25(23,24)20-10-8-19(9-11-20)13-6-4-12(16)5-7-13/h4-7,14,18,22H,2-3,8-11H2,1H3,(H,17,21)/t14-/m1/s1. The molecule has 1 atom stereocenters. The average Bonchev–Trinajstić information content (AvgIpc) is 2.61. The van der Waals surface area contributed by atoms with E-state index in [1.54, 1.807) is 12.1 Å². The van der Waals surface area contributed by atoms with Gasteiger partial charge in [0, 0.05) is 36.9 Å². The van der Waals surface area contributed by atoms with E-state index in [0.29, 0.717) is 44.0 Å². The fourth-order valence-corrected chi connectivity index (χ4v) is 4.21. The molecule has 0 spiro atoms. The number of nitrogens with one attached hydrogen (secondary N) is 2. The molecule has 1 aliphatic heterocycles. The molecule has 0 unspecified atom stereocenters. The van der Waals surface area contributed by atoms with Crippen molar-refractivity contribution in [3.63, 3.8) is 0 Å². The molecule has 0 radical (unpaired) electrons. The topological polar surface area (TPSA) is 102 Å². The molecule has 3 N–H and O–H groups in total. The van der Waals surface area contributed by atoms with Gasteiger partial charge in [-0.1, -0.05) is 24.9 Å². The third-order valence-corrected chi connectivity index (χ3v) is 5.94. The molecule has 1 amide bonds. The van der Waals surface area contributed by atoms with Gasteiger partial charge >= 0.3 is 0 Å². The highest BCUT2D eigenvalue weighted by Crippen LogP contribution is 2.20. The first-order valence-electron chi connectivity index (χ1n) is 8.09. The molecule has 140 valence electrons. The zero-order valence-corrected chi connectivity index (χ0v) is 15.6. The van der Waals surface area contributed by atoms with Crippen LogP contribution in [0, 0.1) is 0 Å². The number of amides is 1. The highest BCUT2D eigenvalue weighted by Gasteiger charge is 2.31. The van der Waals surface area contributed by atoms with Crippen LogP contribution in [0.4, 0.5) is 5.69 Å². The van der Waals surface area contributed by atoms with Gasteiger partial charge in [0.25, 0.3) is 16.1 Å². The number of rotatable bonds is 7. The second-order valence-electron chi connectivity index (χ2n) is 5.80. The van der Waals surface area contributed by atoms with Gasteiger partial charge in [0.2, 0.25) is 0 Å². The normalized spacial score (nSPS) is 17.3. The van der Waals surface area contributed by atoms with Gasteiger partial charge in [-0.2, -0.15) is 17.4 Å². The third kappa shape index (κ3) is 5.29. The van der Waals surface area contributed by atoms with Crippen LogP contribution in [0.2, 0.25) is 5.02 Å². The summed E-state index contributed by atoms with van der Waals surface area (Å²) in [5.74, 6) is -0.759. The number of hydrogen-bond donors (Lipinski definition) is 3. The number of nitrogens with zero attached hydrogens (tertiary/aromatic N) is 2.